The van der Waals surface area contributed by atoms with E-state index in [9.17, 15) is 0 Å². The van der Waals surface area contributed by atoms with Crippen molar-refractivity contribution >= 4 is 27.0 Å². The van der Waals surface area contributed by atoms with Gasteiger partial charge in [0.05, 0.1) is 9.99 Å². The first-order valence-electron chi connectivity index (χ1n) is 7.19. The molecule has 0 radical (unpaired) electrons. The molecule has 0 bridgehead atoms. The van der Waals surface area contributed by atoms with Crippen LogP contribution in [0.25, 0.3) is 11.0 Å². The summed E-state index contributed by atoms with van der Waals surface area (Å²) < 4.78 is 8.67. The fraction of sp³-hybridized carbons (Fsp3) is 0.294. The molecule has 0 aliphatic rings. The molecule has 0 fully saturated rings. The van der Waals surface area contributed by atoms with Crippen molar-refractivity contribution in [1.82, 2.24) is 15.0 Å². The zero-order valence-electron chi connectivity index (χ0n) is 12.9. The van der Waals surface area contributed by atoms with Gasteiger partial charge in [-0.25, -0.2) is 4.68 Å². The van der Waals surface area contributed by atoms with Crippen LogP contribution in [0, 0.1) is 5.41 Å². The summed E-state index contributed by atoms with van der Waals surface area (Å²) in [6, 6.07) is 13.7. The summed E-state index contributed by atoms with van der Waals surface area (Å²) in [7, 11) is 0. The van der Waals surface area contributed by atoms with Crippen LogP contribution in [0.1, 0.15) is 20.8 Å². The van der Waals surface area contributed by atoms with Crippen LogP contribution < -0.4 is 4.74 Å². The number of rotatable bonds is 3. The summed E-state index contributed by atoms with van der Waals surface area (Å²) in [5.74, 6) is 1.53. The number of halogens is 1. The Bertz CT molecular complexity index is 791. The zero-order chi connectivity index (χ0) is 15.7. The second-order valence-corrected chi connectivity index (χ2v) is 7.26. The van der Waals surface area contributed by atoms with Gasteiger partial charge in [0.15, 0.2) is 0 Å². The normalized spacial score (nSPS) is 11.8. The van der Waals surface area contributed by atoms with E-state index in [4.69, 9.17) is 4.74 Å². The van der Waals surface area contributed by atoms with E-state index in [2.05, 4.69) is 47.0 Å². The van der Waals surface area contributed by atoms with Crippen molar-refractivity contribution in [2.75, 3.05) is 0 Å². The first kappa shape index (κ1) is 15.0. The molecule has 3 rings (SSSR count). The van der Waals surface area contributed by atoms with Gasteiger partial charge in [-0.3, -0.25) is 0 Å². The molecule has 22 heavy (non-hydrogen) atoms. The lowest BCUT2D eigenvalue weighted by atomic mass is 9.97. The number of aromatic nitrogens is 3. The minimum atomic E-state index is 0.145. The summed E-state index contributed by atoms with van der Waals surface area (Å²) >= 11 is 3.59. The van der Waals surface area contributed by atoms with E-state index < -0.39 is 0 Å². The molecule has 0 saturated carbocycles. The van der Waals surface area contributed by atoms with Crippen molar-refractivity contribution in [1.29, 1.82) is 0 Å². The monoisotopic (exact) mass is 359 g/mol. The second kappa shape index (κ2) is 5.72. The summed E-state index contributed by atoms with van der Waals surface area (Å²) in [6.45, 7) is 7.36. The van der Waals surface area contributed by atoms with E-state index in [0.717, 1.165) is 33.5 Å². The average Bonchev–Trinajstić information content (AvgIpc) is 2.85. The van der Waals surface area contributed by atoms with E-state index in [0.29, 0.717) is 0 Å². The molecule has 0 saturated heterocycles. The van der Waals surface area contributed by atoms with Crippen molar-refractivity contribution in [3.63, 3.8) is 0 Å². The Morgan fingerprint density at radius 1 is 1.09 bits per heavy atom. The first-order valence-corrected chi connectivity index (χ1v) is 7.98. The molecule has 0 aliphatic carbocycles. The summed E-state index contributed by atoms with van der Waals surface area (Å²) in [6.07, 6.45) is 0. The number of para-hydroxylation sites is 1. The molecule has 0 aliphatic heterocycles. The molecular formula is C17H18BrN3O. The fourth-order valence-electron chi connectivity index (χ4n) is 2.25. The van der Waals surface area contributed by atoms with Gasteiger partial charge >= 0.3 is 0 Å². The average molecular weight is 360 g/mol. The second-order valence-electron chi connectivity index (χ2n) is 6.47. The predicted octanol–water partition coefficient (Wildman–Crippen LogP) is 5.03. The third-order valence-corrected chi connectivity index (χ3v) is 3.95. The minimum Gasteiger partial charge on any atom is -0.456 e. The number of benzene rings is 2. The van der Waals surface area contributed by atoms with E-state index in [1.54, 1.807) is 0 Å². The van der Waals surface area contributed by atoms with Gasteiger partial charge in [-0.15, -0.1) is 5.10 Å². The van der Waals surface area contributed by atoms with Crippen LogP contribution in [0.4, 0.5) is 0 Å². The number of nitrogens with zero attached hydrogens (tertiary/aromatic N) is 3. The maximum Gasteiger partial charge on any atom is 0.144 e. The highest BCUT2D eigenvalue weighted by Gasteiger charge is 2.17. The van der Waals surface area contributed by atoms with Crippen molar-refractivity contribution < 1.29 is 4.74 Å². The molecule has 0 unspecified atom stereocenters. The standard InChI is InChI=1S/C17H18BrN3O/c1-17(2,3)11-21-13-9-10-14(15(18)16(13)19-20-21)22-12-7-5-4-6-8-12/h4-10H,11H2,1-3H3. The van der Waals surface area contributed by atoms with Crippen LogP contribution >= 0.6 is 15.9 Å². The maximum absolute atomic E-state index is 5.90. The van der Waals surface area contributed by atoms with Crippen LogP contribution in [0.5, 0.6) is 11.5 Å². The molecule has 1 heterocycles. The topological polar surface area (TPSA) is 39.9 Å². The highest BCUT2D eigenvalue weighted by atomic mass is 79.9. The summed E-state index contributed by atoms with van der Waals surface area (Å²) in [5.41, 5.74) is 1.96. The highest BCUT2D eigenvalue weighted by molar-refractivity contribution is 9.10. The molecule has 0 N–H and O–H groups in total. The number of hydrogen-bond acceptors (Lipinski definition) is 3. The van der Waals surface area contributed by atoms with Gasteiger partial charge < -0.3 is 4.74 Å². The summed E-state index contributed by atoms with van der Waals surface area (Å²) in [4.78, 5) is 0. The van der Waals surface area contributed by atoms with Crippen LogP contribution in [0.15, 0.2) is 46.9 Å². The van der Waals surface area contributed by atoms with Gasteiger partial charge in [-0.2, -0.15) is 0 Å². The Morgan fingerprint density at radius 2 is 1.82 bits per heavy atom. The molecule has 0 atom stereocenters. The molecule has 0 spiro atoms. The number of ether oxygens (including phenoxy) is 1. The molecule has 114 valence electrons. The Balaban J connectivity index is 1.97. The van der Waals surface area contributed by atoms with Gasteiger partial charge in [-0.05, 0) is 45.6 Å². The van der Waals surface area contributed by atoms with Crippen molar-refractivity contribution in [3.8, 4) is 11.5 Å². The third-order valence-electron chi connectivity index (χ3n) is 3.19. The lowest BCUT2D eigenvalue weighted by Gasteiger charge is -2.18. The Hall–Kier alpha value is -1.88. The van der Waals surface area contributed by atoms with Gasteiger partial charge in [0, 0.05) is 6.54 Å². The number of fused-ring (bicyclic) bond motifs is 1. The van der Waals surface area contributed by atoms with Gasteiger partial charge in [-0.1, -0.05) is 44.2 Å². The Morgan fingerprint density at radius 3 is 2.50 bits per heavy atom. The molecular weight excluding hydrogens is 342 g/mol. The van der Waals surface area contributed by atoms with Crippen molar-refractivity contribution in [2.45, 2.75) is 27.3 Å². The van der Waals surface area contributed by atoms with Gasteiger partial charge in [0.2, 0.25) is 0 Å². The highest BCUT2D eigenvalue weighted by Crippen LogP contribution is 2.35. The maximum atomic E-state index is 5.90. The predicted molar refractivity (Wildman–Crippen MR) is 91.2 cm³/mol. The van der Waals surface area contributed by atoms with Gasteiger partial charge in [0.1, 0.15) is 17.0 Å². The molecule has 2 aromatic carbocycles. The fourth-order valence-corrected chi connectivity index (χ4v) is 2.74. The quantitative estimate of drug-likeness (QED) is 0.658. The van der Waals surface area contributed by atoms with E-state index >= 15 is 0 Å². The smallest absolute Gasteiger partial charge is 0.144 e. The van der Waals surface area contributed by atoms with Crippen LogP contribution in [-0.4, -0.2) is 15.0 Å². The molecule has 0 amide bonds. The molecule has 5 heteroatoms. The van der Waals surface area contributed by atoms with Crippen molar-refractivity contribution in [2.24, 2.45) is 5.41 Å². The van der Waals surface area contributed by atoms with Crippen LogP contribution in [0.2, 0.25) is 0 Å². The Kier molecular flexibility index (Phi) is 3.91. The van der Waals surface area contributed by atoms with Gasteiger partial charge in [0.25, 0.3) is 0 Å². The lowest BCUT2D eigenvalue weighted by molar-refractivity contribution is 0.327. The first-order chi connectivity index (χ1) is 10.4. The molecule has 1 aromatic heterocycles. The summed E-state index contributed by atoms with van der Waals surface area (Å²) in [5, 5.41) is 8.56. The largest absolute Gasteiger partial charge is 0.456 e. The van der Waals surface area contributed by atoms with Crippen molar-refractivity contribution in [3.05, 3.63) is 46.9 Å². The third kappa shape index (κ3) is 3.14. The van der Waals surface area contributed by atoms with Crippen LogP contribution in [0.3, 0.4) is 0 Å². The lowest BCUT2D eigenvalue weighted by Crippen LogP contribution is -2.16. The molecule has 4 nitrogen and oxygen atoms in total. The SMILES string of the molecule is CC(C)(C)Cn1nnc2c(Br)c(Oc3ccccc3)ccc21. The van der Waals surface area contributed by atoms with E-state index in [-0.39, 0.29) is 5.41 Å². The van der Waals surface area contributed by atoms with E-state index in [1.165, 1.54) is 0 Å². The van der Waals surface area contributed by atoms with Crippen LogP contribution in [-0.2, 0) is 6.54 Å². The van der Waals surface area contributed by atoms with E-state index in [1.807, 2.05) is 47.1 Å². The molecule has 3 aromatic rings. The zero-order valence-corrected chi connectivity index (χ0v) is 14.5. The minimum absolute atomic E-state index is 0.145. The number of hydrogen-bond donors (Lipinski definition) is 0. The Labute approximate surface area is 138 Å².